The molecule has 1 aromatic carbocycles. The molecule has 0 saturated carbocycles. The van der Waals surface area contributed by atoms with Crippen molar-refractivity contribution in [2.24, 2.45) is 0 Å². The van der Waals surface area contributed by atoms with Crippen molar-refractivity contribution in [1.82, 2.24) is 5.32 Å². The summed E-state index contributed by atoms with van der Waals surface area (Å²) in [6.07, 6.45) is 2.19. The lowest BCUT2D eigenvalue weighted by atomic mass is 9.91. The molecule has 4 heteroatoms. The zero-order valence-corrected chi connectivity index (χ0v) is 12.5. The lowest BCUT2D eigenvalue weighted by Crippen LogP contribution is -2.51. The highest BCUT2D eigenvalue weighted by atomic mass is 32.2. The van der Waals surface area contributed by atoms with E-state index in [0.717, 1.165) is 12.2 Å². The van der Waals surface area contributed by atoms with Crippen LogP contribution in [-0.4, -0.2) is 28.9 Å². The Hall–Kier alpha value is -1.00. The number of rotatable bonds is 9. The SMILES string of the molecule is CCNC(CC)(CCCSc1ccccc1)C(=O)O. The molecule has 0 fully saturated rings. The van der Waals surface area contributed by atoms with Gasteiger partial charge in [0.25, 0.3) is 0 Å². The number of thioether (sulfide) groups is 1. The van der Waals surface area contributed by atoms with E-state index in [1.54, 1.807) is 11.8 Å². The Bertz CT molecular complexity index is 383. The minimum absolute atomic E-state index is 0.617. The van der Waals surface area contributed by atoms with Crippen molar-refractivity contribution >= 4 is 17.7 Å². The predicted molar refractivity (Wildman–Crippen MR) is 80.7 cm³/mol. The number of hydrogen-bond donors (Lipinski definition) is 2. The first-order chi connectivity index (χ1) is 9.14. The van der Waals surface area contributed by atoms with E-state index in [0.29, 0.717) is 19.4 Å². The van der Waals surface area contributed by atoms with Gasteiger partial charge in [-0.3, -0.25) is 4.79 Å². The lowest BCUT2D eigenvalue weighted by Gasteiger charge is -2.29. The third-order valence-corrected chi connectivity index (χ3v) is 4.39. The zero-order chi connectivity index (χ0) is 14.1. The summed E-state index contributed by atoms with van der Waals surface area (Å²) in [6.45, 7) is 4.57. The van der Waals surface area contributed by atoms with E-state index in [4.69, 9.17) is 0 Å². The zero-order valence-electron chi connectivity index (χ0n) is 11.7. The van der Waals surface area contributed by atoms with Crippen LogP contribution in [0.25, 0.3) is 0 Å². The standard InChI is InChI=1S/C15H23NO2S/c1-3-15(14(17)18,16-4-2)11-8-12-19-13-9-6-5-7-10-13/h5-7,9-10,16H,3-4,8,11-12H2,1-2H3,(H,17,18). The average Bonchev–Trinajstić information content (AvgIpc) is 2.43. The van der Waals surface area contributed by atoms with E-state index in [1.807, 2.05) is 32.0 Å². The second-order valence-electron chi connectivity index (χ2n) is 4.54. The molecule has 0 aromatic heterocycles. The molecule has 106 valence electrons. The molecule has 1 rings (SSSR count). The van der Waals surface area contributed by atoms with Gasteiger partial charge in [0.05, 0.1) is 0 Å². The lowest BCUT2D eigenvalue weighted by molar-refractivity contribution is -0.145. The first-order valence-electron chi connectivity index (χ1n) is 6.81. The van der Waals surface area contributed by atoms with Gasteiger partial charge >= 0.3 is 5.97 Å². The molecular formula is C15H23NO2S. The van der Waals surface area contributed by atoms with Crippen molar-refractivity contribution in [1.29, 1.82) is 0 Å². The molecule has 0 bridgehead atoms. The van der Waals surface area contributed by atoms with Crippen molar-refractivity contribution < 1.29 is 9.90 Å². The molecule has 1 unspecified atom stereocenters. The van der Waals surface area contributed by atoms with Crippen LogP contribution < -0.4 is 5.32 Å². The van der Waals surface area contributed by atoms with Gasteiger partial charge in [-0.15, -0.1) is 11.8 Å². The minimum Gasteiger partial charge on any atom is -0.480 e. The fourth-order valence-electron chi connectivity index (χ4n) is 2.14. The van der Waals surface area contributed by atoms with Gasteiger partial charge in [-0.05, 0) is 43.7 Å². The maximum Gasteiger partial charge on any atom is 0.323 e. The highest BCUT2D eigenvalue weighted by molar-refractivity contribution is 7.99. The number of carbonyl (C=O) groups is 1. The molecule has 1 aromatic rings. The molecule has 19 heavy (non-hydrogen) atoms. The quantitative estimate of drug-likeness (QED) is 0.538. The number of carboxylic acid groups (broad SMARTS) is 1. The molecule has 1 atom stereocenters. The highest BCUT2D eigenvalue weighted by Crippen LogP contribution is 2.23. The second kappa shape index (κ2) is 8.23. The van der Waals surface area contributed by atoms with Crippen LogP contribution in [0, 0.1) is 0 Å². The molecule has 0 aliphatic heterocycles. The first kappa shape index (κ1) is 16.1. The molecule has 3 nitrogen and oxygen atoms in total. The third kappa shape index (κ3) is 4.88. The van der Waals surface area contributed by atoms with Gasteiger partial charge < -0.3 is 10.4 Å². The van der Waals surface area contributed by atoms with Gasteiger partial charge in [0.2, 0.25) is 0 Å². The normalized spacial score (nSPS) is 14.0. The Morgan fingerprint density at radius 1 is 1.32 bits per heavy atom. The van der Waals surface area contributed by atoms with Crippen LogP contribution >= 0.6 is 11.8 Å². The second-order valence-corrected chi connectivity index (χ2v) is 5.70. The summed E-state index contributed by atoms with van der Waals surface area (Å²) in [7, 11) is 0. The molecule has 0 radical (unpaired) electrons. The number of benzene rings is 1. The van der Waals surface area contributed by atoms with E-state index in [2.05, 4.69) is 17.4 Å². The van der Waals surface area contributed by atoms with Crippen molar-refractivity contribution in [3.05, 3.63) is 30.3 Å². The summed E-state index contributed by atoms with van der Waals surface area (Å²) < 4.78 is 0. The van der Waals surface area contributed by atoms with E-state index < -0.39 is 11.5 Å². The van der Waals surface area contributed by atoms with E-state index in [-0.39, 0.29) is 0 Å². The summed E-state index contributed by atoms with van der Waals surface area (Å²) >= 11 is 1.78. The maximum atomic E-state index is 11.4. The number of likely N-dealkylation sites (N-methyl/N-ethyl adjacent to an activating group) is 1. The Balaban J connectivity index is 2.42. The van der Waals surface area contributed by atoms with Crippen LogP contribution in [0.1, 0.15) is 33.1 Å². The fourth-order valence-corrected chi connectivity index (χ4v) is 3.02. The van der Waals surface area contributed by atoms with Crippen molar-refractivity contribution in [3.63, 3.8) is 0 Å². The number of hydrogen-bond acceptors (Lipinski definition) is 3. The van der Waals surface area contributed by atoms with Crippen LogP contribution in [-0.2, 0) is 4.79 Å². The average molecular weight is 281 g/mol. The Morgan fingerprint density at radius 2 is 2.00 bits per heavy atom. The summed E-state index contributed by atoms with van der Waals surface area (Å²) in [6, 6.07) is 10.2. The monoisotopic (exact) mass is 281 g/mol. The van der Waals surface area contributed by atoms with Crippen LogP contribution in [0.15, 0.2) is 35.2 Å². The summed E-state index contributed by atoms with van der Waals surface area (Å²) in [5.74, 6) is 0.214. The topological polar surface area (TPSA) is 49.3 Å². The Labute approximate surface area is 119 Å². The largest absolute Gasteiger partial charge is 0.480 e. The molecule has 0 aliphatic rings. The minimum atomic E-state index is -0.758. The molecule has 0 saturated heterocycles. The Kier molecular flexibility index (Phi) is 6.95. The van der Waals surface area contributed by atoms with E-state index in [1.165, 1.54) is 4.90 Å². The van der Waals surface area contributed by atoms with Gasteiger partial charge in [-0.2, -0.15) is 0 Å². The van der Waals surface area contributed by atoms with Crippen LogP contribution in [0.2, 0.25) is 0 Å². The molecule has 0 aliphatic carbocycles. The number of aliphatic carboxylic acids is 1. The van der Waals surface area contributed by atoms with Crippen molar-refractivity contribution in [2.45, 2.75) is 43.5 Å². The molecule has 0 spiro atoms. The van der Waals surface area contributed by atoms with Crippen LogP contribution in [0.5, 0.6) is 0 Å². The first-order valence-corrected chi connectivity index (χ1v) is 7.79. The molecule has 0 heterocycles. The predicted octanol–water partition coefficient (Wildman–Crippen LogP) is 3.40. The van der Waals surface area contributed by atoms with Gasteiger partial charge in [0, 0.05) is 4.90 Å². The number of carboxylic acids is 1. The van der Waals surface area contributed by atoms with Gasteiger partial charge in [-0.1, -0.05) is 32.0 Å². The van der Waals surface area contributed by atoms with Gasteiger partial charge in [0.15, 0.2) is 0 Å². The molecular weight excluding hydrogens is 258 g/mol. The summed E-state index contributed by atoms with van der Waals surface area (Å²) in [4.78, 5) is 12.7. The van der Waals surface area contributed by atoms with Crippen LogP contribution in [0.3, 0.4) is 0 Å². The third-order valence-electron chi connectivity index (χ3n) is 3.29. The Morgan fingerprint density at radius 3 is 2.53 bits per heavy atom. The van der Waals surface area contributed by atoms with E-state index >= 15 is 0 Å². The summed E-state index contributed by atoms with van der Waals surface area (Å²) in [5.41, 5.74) is -0.758. The summed E-state index contributed by atoms with van der Waals surface area (Å²) in [5, 5.41) is 12.5. The van der Waals surface area contributed by atoms with Crippen LogP contribution in [0.4, 0.5) is 0 Å². The molecule has 2 N–H and O–H groups in total. The maximum absolute atomic E-state index is 11.4. The highest BCUT2D eigenvalue weighted by Gasteiger charge is 2.34. The van der Waals surface area contributed by atoms with Crippen molar-refractivity contribution in [3.8, 4) is 0 Å². The number of nitrogens with one attached hydrogen (secondary N) is 1. The van der Waals surface area contributed by atoms with Gasteiger partial charge in [0.1, 0.15) is 5.54 Å². The molecule has 0 amide bonds. The van der Waals surface area contributed by atoms with E-state index in [9.17, 15) is 9.90 Å². The fraction of sp³-hybridized carbons (Fsp3) is 0.533. The smallest absolute Gasteiger partial charge is 0.323 e. The van der Waals surface area contributed by atoms with Crippen molar-refractivity contribution in [2.75, 3.05) is 12.3 Å². The van der Waals surface area contributed by atoms with Gasteiger partial charge in [-0.25, -0.2) is 0 Å².